The van der Waals surface area contributed by atoms with Crippen LogP contribution in [0.2, 0.25) is 0 Å². The number of methoxy groups -OCH3 is 1. The van der Waals surface area contributed by atoms with Crippen molar-refractivity contribution in [1.29, 1.82) is 0 Å². The minimum absolute atomic E-state index is 0.192. The van der Waals surface area contributed by atoms with E-state index in [1.54, 1.807) is 13.2 Å². The molecular weight excluding hydrogens is 267 g/mol. The van der Waals surface area contributed by atoms with Gasteiger partial charge in [-0.25, -0.2) is 4.39 Å². The molecule has 0 fully saturated rings. The number of rotatable bonds is 7. The summed E-state index contributed by atoms with van der Waals surface area (Å²) in [6, 6.07) is 5.78. The summed E-state index contributed by atoms with van der Waals surface area (Å²) in [4.78, 5) is 1.93. The van der Waals surface area contributed by atoms with Crippen LogP contribution in [0.25, 0.3) is 0 Å². The summed E-state index contributed by atoms with van der Waals surface area (Å²) >= 11 is 0. The predicted octanol–water partition coefficient (Wildman–Crippen LogP) is 4.29. The van der Waals surface area contributed by atoms with Crippen LogP contribution in [-0.4, -0.2) is 31.8 Å². The Hall–Kier alpha value is -1.29. The van der Waals surface area contributed by atoms with Gasteiger partial charge in [0.15, 0.2) is 0 Å². The lowest BCUT2D eigenvalue weighted by Gasteiger charge is -2.28. The van der Waals surface area contributed by atoms with Crippen molar-refractivity contribution in [2.75, 3.05) is 24.4 Å². The van der Waals surface area contributed by atoms with Gasteiger partial charge in [0.1, 0.15) is 5.82 Å². The zero-order valence-corrected chi connectivity index (χ0v) is 14.3. The van der Waals surface area contributed by atoms with Gasteiger partial charge < -0.3 is 15.0 Å². The molecule has 0 saturated heterocycles. The van der Waals surface area contributed by atoms with Gasteiger partial charge in [0.2, 0.25) is 0 Å². The fraction of sp³-hybridized carbons (Fsp3) is 0.647. The molecule has 1 aromatic rings. The second-order valence-corrected chi connectivity index (χ2v) is 6.58. The summed E-state index contributed by atoms with van der Waals surface area (Å²) in [6.45, 7) is 10.3. The Bertz CT molecular complexity index is 460. The van der Waals surface area contributed by atoms with Crippen molar-refractivity contribution < 1.29 is 9.13 Å². The van der Waals surface area contributed by atoms with E-state index >= 15 is 0 Å². The van der Waals surface area contributed by atoms with Gasteiger partial charge in [-0.15, -0.1) is 0 Å². The Balaban J connectivity index is 2.76. The molecule has 0 saturated carbocycles. The molecule has 120 valence electrons. The molecule has 0 aliphatic carbocycles. The van der Waals surface area contributed by atoms with Crippen molar-refractivity contribution in [2.45, 2.75) is 58.7 Å². The molecule has 1 aromatic carbocycles. The van der Waals surface area contributed by atoms with Crippen LogP contribution >= 0.6 is 0 Å². The molecule has 0 aliphatic heterocycles. The number of nitrogens with zero attached hydrogens (tertiary/aromatic N) is 1. The van der Waals surface area contributed by atoms with E-state index in [0.717, 1.165) is 12.1 Å². The van der Waals surface area contributed by atoms with E-state index in [4.69, 9.17) is 4.74 Å². The van der Waals surface area contributed by atoms with Gasteiger partial charge in [-0.05, 0) is 59.2 Å². The topological polar surface area (TPSA) is 24.5 Å². The molecule has 0 aromatic heterocycles. The SMILES string of the molecule is COC(C)(C)CC(C)Nc1ccc(N(C)C(C)C)c(F)c1. The van der Waals surface area contributed by atoms with E-state index in [1.165, 1.54) is 0 Å². The molecule has 0 spiro atoms. The zero-order valence-electron chi connectivity index (χ0n) is 14.3. The molecule has 1 rings (SSSR count). The van der Waals surface area contributed by atoms with E-state index in [2.05, 4.69) is 12.2 Å². The second-order valence-electron chi connectivity index (χ2n) is 6.58. The highest BCUT2D eigenvalue weighted by molar-refractivity contribution is 5.56. The van der Waals surface area contributed by atoms with Gasteiger partial charge in [-0.2, -0.15) is 0 Å². The third-order valence-electron chi connectivity index (χ3n) is 3.87. The highest BCUT2D eigenvalue weighted by Crippen LogP contribution is 2.25. The van der Waals surface area contributed by atoms with Crippen molar-refractivity contribution in [3.8, 4) is 0 Å². The summed E-state index contributed by atoms with van der Waals surface area (Å²) < 4.78 is 19.6. The quantitative estimate of drug-likeness (QED) is 0.812. The third kappa shape index (κ3) is 5.20. The van der Waals surface area contributed by atoms with Crippen LogP contribution in [0.4, 0.5) is 15.8 Å². The summed E-state index contributed by atoms with van der Waals surface area (Å²) in [5, 5.41) is 3.33. The molecule has 4 heteroatoms. The minimum Gasteiger partial charge on any atom is -0.382 e. The molecule has 1 unspecified atom stereocenters. The lowest BCUT2D eigenvalue weighted by Crippen LogP contribution is -2.31. The number of hydrogen-bond donors (Lipinski definition) is 1. The predicted molar refractivity (Wildman–Crippen MR) is 88.7 cm³/mol. The lowest BCUT2D eigenvalue weighted by molar-refractivity contribution is 0.0128. The van der Waals surface area contributed by atoms with Crippen LogP contribution in [0.1, 0.15) is 41.0 Å². The van der Waals surface area contributed by atoms with Gasteiger partial charge in [0, 0.05) is 31.9 Å². The van der Waals surface area contributed by atoms with Crippen LogP contribution in [-0.2, 0) is 4.74 Å². The molecule has 1 atom stereocenters. The Labute approximate surface area is 128 Å². The maximum Gasteiger partial charge on any atom is 0.148 e. The Morgan fingerprint density at radius 2 is 1.90 bits per heavy atom. The van der Waals surface area contributed by atoms with Gasteiger partial charge in [0.25, 0.3) is 0 Å². The van der Waals surface area contributed by atoms with Crippen LogP contribution in [0.3, 0.4) is 0 Å². The van der Waals surface area contributed by atoms with E-state index in [9.17, 15) is 4.39 Å². The van der Waals surface area contributed by atoms with Crippen LogP contribution in [0, 0.1) is 5.82 Å². The Morgan fingerprint density at radius 1 is 1.29 bits per heavy atom. The number of anilines is 2. The first-order valence-electron chi connectivity index (χ1n) is 7.50. The molecule has 0 radical (unpaired) electrons. The standard InChI is InChI=1S/C17H29FN2O/c1-12(2)20(6)16-9-8-14(10-15(16)18)19-13(3)11-17(4,5)21-7/h8-10,12-13,19H,11H2,1-7H3. The molecule has 1 N–H and O–H groups in total. The van der Waals surface area contributed by atoms with Gasteiger partial charge in [0.05, 0.1) is 11.3 Å². The lowest BCUT2D eigenvalue weighted by atomic mass is 9.99. The summed E-state index contributed by atoms with van der Waals surface area (Å²) in [7, 11) is 3.61. The third-order valence-corrected chi connectivity index (χ3v) is 3.87. The summed E-state index contributed by atoms with van der Waals surface area (Å²) in [6.07, 6.45) is 0.846. The van der Waals surface area contributed by atoms with Crippen LogP contribution in [0.15, 0.2) is 18.2 Å². The van der Waals surface area contributed by atoms with Gasteiger partial charge in [-0.1, -0.05) is 0 Å². The number of hydrogen-bond acceptors (Lipinski definition) is 3. The van der Waals surface area contributed by atoms with Crippen molar-refractivity contribution >= 4 is 11.4 Å². The molecule has 0 aliphatic rings. The maximum absolute atomic E-state index is 14.2. The molecule has 0 heterocycles. The Kier molecular flexibility index (Phi) is 6.02. The van der Waals surface area contributed by atoms with Gasteiger partial charge >= 0.3 is 0 Å². The second kappa shape index (κ2) is 7.12. The first kappa shape index (κ1) is 17.8. The maximum atomic E-state index is 14.2. The van der Waals surface area contributed by atoms with Gasteiger partial charge in [-0.3, -0.25) is 0 Å². The molecule has 3 nitrogen and oxygen atoms in total. The van der Waals surface area contributed by atoms with Crippen molar-refractivity contribution in [2.24, 2.45) is 0 Å². The molecule has 21 heavy (non-hydrogen) atoms. The van der Waals surface area contributed by atoms with E-state index in [1.807, 2.05) is 51.8 Å². The largest absolute Gasteiger partial charge is 0.382 e. The molecular formula is C17H29FN2O. The van der Waals surface area contributed by atoms with E-state index in [0.29, 0.717) is 5.69 Å². The average molecular weight is 296 g/mol. The minimum atomic E-state index is -0.200. The van der Waals surface area contributed by atoms with Crippen molar-refractivity contribution in [1.82, 2.24) is 0 Å². The van der Waals surface area contributed by atoms with Crippen molar-refractivity contribution in [3.63, 3.8) is 0 Å². The average Bonchev–Trinajstić information content (AvgIpc) is 2.37. The number of halogens is 1. The van der Waals surface area contributed by atoms with Crippen LogP contribution in [0.5, 0.6) is 0 Å². The first-order chi connectivity index (χ1) is 9.66. The summed E-state index contributed by atoms with van der Waals surface area (Å²) in [5.74, 6) is -0.200. The fourth-order valence-corrected chi connectivity index (χ4v) is 2.32. The van der Waals surface area contributed by atoms with Crippen molar-refractivity contribution in [3.05, 3.63) is 24.0 Å². The first-order valence-corrected chi connectivity index (χ1v) is 7.50. The monoisotopic (exact) mass is 296 g/mol. The van der Waals surface area contributed by atoms with E-state index in [-0.39, 0.29) is 23.5 Å². The normalized spacial score (nSPS) is 13.4. The Morgan fingerprint density at radius 3 is 2.38 bits per heavy atom. The highest BCUT2D eigenvalue weighted by atomic mass is 19.1. The number of nitrogens with one attached hydrogen (secondary N) is 1. The summed E-state index contributed by atoms with van der Waals surface area (Å²) in [5.41, 5.74) is 1.23. The van der Waals surface area contributed by atoms with Crippen LogP contribution < -0.4 is 10.2 Å². The number of ether oxygens (including phenoxy) is 1. The number of benzene rings is 1. The molecule has 0 amide bonds. The highest BCUT2D eigenvalue weighted by Gasteiger charge is 2.20. The zero-order chi connectivity index (χ0) is 16.2. The molecule has 0 bridgehead atoms. The smallest absolute Gasteiger partial charge is 0.148 e. The fourth-order valence-electron chi connectivity index (χ4n) is 2.32. The van der Waals surface area contributed by atoms with E-state index < -0.39 is 0 Å².